The smallest absolute Gasteiger partial charge is 0.327 e. The number of hydrogen-bond acceptors (Lipinski definition) is 5. The minimum absolute atomic E-state index is 0.0338. The SMILES string of the molecule is CN(C(=O)N1CSCC1C(=O)O)C1CCS(=O)(=O)C1. The molecule has 1 N–H and O–H groups in total. The second-order valence-corrected chi connectivity index (χ2v) is 8.00. The van der Waals surface area contributed by atoms with Gasteiger partial charge in [0.2, 0.25) is 0 Å². The molecule has 2 aliphatic heterocycles. The van der Waals surface area contributed by atoms with Crippen molar-refractivity contribution in [2.24, 2.45) is 0 Å². The molecule has 2 saturated heterocycles. The first-order valence-corrected chi connectivity index (χ1v) is 8.84. The topological polar surface area (TPSA) is 95.0 Å². The normalized spacial score (nSPS) is 29.4. The molecule has 2 aliphatic rings. The molecule has 2 unspecified atom stereocenters. The van der Waals surface area contributed by atoms with Crippen LogP contribution in [0.3, 0.4) is 0 Å². The van der Waals surface area contributed by atoms with Crippen LogP contribution in [0.25, 0.3) is 0 Å². The first-order valence-electron chi connectivity index (χ1n) is 5.86. The molecule has 2 heterocycles. The molecule has 0 aromatic rings. The van der Waals surface area contributed by atoms with E-state index in [1.165, 1.54) is 28.6 Å². The van der Waals surface area contributed by atoms with E-state index in [9.17, 15) is 18.0 Å². The summed E-state index contributed by atoms with van der Waals surface area (Å²) in [5.41, 5.74) is 0. The Hall–Kier alpha value is -0.960. The third kappa shape index (κ3) is 2.97. The molecule has 0 aromatic heterocycles. The summed E-state index contributed by atoms with van der Waals surface area (Å²) in [6.45, 7) is 0. The molecule has 0 aromatic carbocycles. The Morgan fingerprint density at radius 1 is 1.42 bits per heavy atom. The number of nitrogens with zero attached hydrogens (tertiary/aromatic N) is 2. The molecule has 0 aliphatic carbocycles. The van der Waals surface area contributed by atoms with Gasteiger partial charge in [-0.1, -0.05) is 0 Å². The Balaban J connectivity index is 2.05. The Morgan fingerprint density at radius 2 is 2.11 bits per heavy atom. The molecule has 0 saturated carbocycles. The van der Waals surface area contributed by atoms with Gasteiger partial charge in [0.15, 0.2) is 9.84 Å². The Labute approximate surface area is 115 Å². The predicted octanol–water partition coefficient (Wildman–Crippen LogP) is -0.315. The van der Waals surface area contributed by atoms with Gasteiger partial charge in [-0.2, -0.15) is 0 Å². The maximum atomic E-state index is 12.2. The predicted molar refractivity (Wildman–Crippen MR) is 70.8 cm³/mol. The third-order valence-electron chi connectivity index (χ3n) is 3.47. The van der Waals surface area contributed by atoms with Gasteiger partial charge in [-0.3, -0.25) is 0 Å². The highest BCUT2D eigenvalue weighted by atomic mass is 32.2. The first kappa shape index (κ1) is 14.4. The van der Waals surface area contributed by atoms with Crippen molar-refractivity contribution in [2.75, 3.05) is 30.2 Å². The maximum absolute atomic E-state index is 12.2. The summed E-state index contributed by atoms with van der Waals surface area (Å²) in [4.78, 5) is 25.9. The fourth-order valence-electron chi connectivity index (χ4n) is 2.28. The summed E-state index contributed by atoms with van der Waals surface area (Å²) < 4.78 is 22.8. The highest BCUT2D eigenvalue weighted by Gasteiger charge is 2.39. The summed E-state index contributed by atoms with van der Waals surface area (Å²) in [6.07, 6.45) is 0.420. The van der Waals surface area contributed by atoms with Crippen LogP contribution >= 0.6 is 11.8 Å². The number of thioether (sulfide) groups is 1. The Kier molecular flexibility index (Phi) is 3.95. The molecule has 2 rings (SSSR count). The molecule has 108 valence electrons. The van der Waals surface area contributed by atoms with Crippen molar-refractivity contribution < 1.29 is 23.1 Å². The van der Waals surface area contributed by atoms with Crippen molar-refractivity contribution in [2.45, 2.75) is 18.5 Å². The second kappa shape index (κ2) is 5.20. The highest BCUT2D eigenvalue weighted by Crippen LogP contribution is 2.24. The first-order chi connectivity index (χ1) is 8.82. The van der Waals surface area contributed by atoms with E-state index in [0.717, 1.165) is 0 Å². The molecule has 0 radical (unpaired) electrons. The molecule has 9 heteroatoms. The average molecular weight is 308 g/mol. The van der Waals surface area contributed by atoms with E-state index >= 15 is 0 Å². The molecule has 19 heavy (non-hydrogen) atoms. The van der Waals surface area contributed by atoms with Crippen LogP contribution in [-0.2, 0) is 14.6 Å². The van der Waals surface area contributed by atoms with Gasteiger partial charge in [-0.25, -0.2) is 18.0 Å². The molecule has 0 bridgehead atoms. The zero-order valence-electron chi connectivity index (χ0n) is 10.5. The summed E-state index contributed by atoms with van der Waals surface area (Å²) in [5, 5.41) is 9.04. The number of carbonyl (C=O) groups is 2. The summed E-state index contributed by atoms with van der Waals surface area (Å²) in [6, 6.07) is -1.57. The zero-order valence-corrected chi connectivity index (χ0v) is 12.1. The van der Waals surface area contributed by atoms with E-state index in [1.807, 2.05) is 0 Å². The van der Waals surface area contributed by atoms with E-state index < -0.39 is 27.9 Å². The number of aliphatic carboxylic acids is 1. The fourth-order valence-corrected chi connectivity index (χ4v) is 5.19. The highest BCUT2D eigenvalue weighted by molar-refractivity contribution is 7.99. The van der Waals surface area contributed by atoms with Gasteiger partial charge in [-0.05, 0) is 6.42 Å². The fraction of sp³-hybridized carbons (Fsp3) is 0.800. The summed E-state index contributed by atoms with van der Waals surface area (Å²) in [7, 11) is -1.52. The quantitative estimate of drug-likeness (QED) is 0.751. The maximum Gasteiger partial charge on any atom is 0.327 e. The zero-order chi connectivity index (χ0) is 14.2. The summed E-state index contributed by atoms with van der Waals surface area (Å²) in [5.74, 6) is -0.261. The number of rotatable bonds is 2. The van der Waals surface area contributed by atoms with Crippen LogP contribution in [-0.4, -0.2) is 77.6 Å². The number of urea groups is 1. The second-order valence-electron chi connectivity index (χ2n) is 4.77. The van der Waals surface area contributed by atoms with Crippen LogP contribution < -0.4 is 0 Å². The van der Waals surface area contributed by atoms with Gasteiger partial charge < -0.3 is 14.9 Å². The van der Waals surface area contributed by atoms with E-state index in [0.29, 0.717) is 18.1 Å². The van der Waals surface area contributed by atoms with Crippen LogP contribution in [0.15, 0.2) is 0 Å². The van der Waals surface area contributed by atoms with Crippen molar-refractivity contribution in [3.8, 4) is 0 Å². The van der Waals surface area contributed by atoms with Crippen LogP contribution in [0.5, 0.6) is 0 Å². The van der Waals surface area contributed by atoms with Crippen molar-refractivity contribution in [1.29, 1.82) is 0 Å². The lowest BCUT2D eigenvalue weighted by atomic mass is 10.2. The Bertz CT molecular complexity index is 492. The lowest BCUT2D eigenvalue weighted by Gasteiger charge is -2.30. The van der Waals surface area contributed by atoms with Crippen molar-refractivity contribution in [1.82, 2.24) is 9.80 Å². The van der Waals surface area contributed by atoms with Crippen LogP contribution in [0.2, 0.25) is 0 Å². The average Bonchev–Trinajstić information content (AvgIpc) is 2.93. The standard InChI is InChI=1S/C10H16N2O5S2/c1-11(7-2-3-19(16,17)5-7)10(15)12-6-18-4-8(12)9(13)14/h7-8H,2-6H2,1H3,(H,13,14). The third-order valence-corrected chi connectivity index (χ3v) is 6.23. The van der Waals surface area contributed by atoms with Crippen LogP contribution in [0, 0.1) is 0 Å². The summed E-state index contributed by atoms with van der Waals surface area (Å²) >= 11 is 1.39. The minimum Gasteiger partial charge on any atom is -0.480 e. The lowest BCUT2D eigenvalue weighted by Crippen LogP contribution is -2.50. The van der Waals surface area contributed by atoms with Crippen molar-refractivity contribution in [3.05, 3.63) is 0 Å². The minimum atomic E-state index is -3.06. The Morgan fingerprint density at radius 3 is 2.63 bits per heavy atom. The molecule has 2 amide bonds. The number of carboxylic acid groups (broad SMARTS) is 1. The molecule has 0 spiro atoms. The van der Waals surface area contributed by atoms with Gasteiger partial charge in [0, 0.05) is 18.8 Å². The largest absolute Gasteiger partial charge is 0.480 e. The molecule has 2 atom stereocenters. The van der Waals surface area contributed by atoms with Crippen molar-refractivity contribution >= 4 is 33.6 Å². The van der Waals surface area contributed by atoms with E-state index in [4.69, 9.17) is 5.11 Å². The van der Waals surface area contributed by atoms with E-state index in [2.05, 4.69) is 0 Å². The van der Waals surface area contributed by atoms with Gasteiger partial charge in [0.1, 0.15) is 6.04 Å². The molecular formula is C10H16N2O5S2. The van der Waals surface area contributed by atoms with Crippen LogP contribution in [0.1, 0.15) is 6.42 Å². The van der Waals surface area contributed by atoms with Gasteiger partial charge in [-0.15, -0.1) is 11.8 Å². The monoisotopic (exact) mass is 308 g/mol. The number of sulfone groups is 1. The van der Waals surface area contributed by atoms with E-state index in [1.54, 1.807) is 0 Å². The van der Waals surface area contributed by atoms with Gasteiger partial charge >= 0.3 is 12.0 Å². The number of carboxylic acids is 1. The van der Waals surface area contributed by atoms with Gasteiger partial charge in [0.25, 0.3) is 0 Å². The number of hydrogen-bond donors (Lipinski definition) is 1. The lowest BCUT2D eigenvalue weighted by molar-refractivity contribution is -0.140. The number of amides is 2. The van der Waals surface area contributed by atoms with Crippen molar-refractivity contribution in [3.63, 3.8) is 0 Å². The molecule has 7 nitrogen and oxygen atoms in total. The molecule has 2 fully saturated rings. The number of carbonyl (C=O) groups excluding carboxylic acids is 1. The molecular weight excluding hydrogens is 292 g/mol. The van der Waals surface area contributed by atoms with Crippen LogP contribution in [0.4, 0.5) is 4.79 Å². The van der Waals surface area contributed by atoms with E-state index in [-0.39, 0.29) is 17.5 Å². The van der Waals surface area contributed by atoms with Gasteiger partial charge in [0.05, 0.1) is 17.4 Å².